The lowest BCUT2D eigenvalue weighted by Crippen LogP contribution is -2.36. The fraction of sp³-hybridized carbons (Fsp3) is 0.246. The third-order valence-corrected chi connectivity index (χ3v) is 15.7. The van der Waals surface area contributed by atoms with Crippen molar-refractivity contribution in [3.63, 3.8) is 0 Å². The second-order valence-corrected chi connectivity index (χ2v) is 21.9. The van der Waals surface area contributed by atoms with Crippen LogP contribution in [0.3, 0.4) is 0 Å². The maximum atomic E-state index is 13.6. The highest BCUT2D eigenvalue weighted by molar-refractivity contribution is 7.98. The molecule has 16 nitrogen and oxygen atoms in total. The molecule has 0 saturated heterocycles. The quantitative estimate of drug-likeness (QED) is 0.0111. The Hall–Kier alpha value is -8.78. The molecule has 9 rings (SSSR count). The molecule has 1 aliphatic heterocycles. The van der Waals surface area contributed by atoms with Crippen molar-refractivity contribution in [3.8, 4) is 28.2 Å². The largest absolute Gasteiger partial charge is 0.464 e. The van der Waals surface area contributed by atoms with Gasteiger partial charge in [0, 0.05) is 149 Å². The fourth-order valence-corrected chi connectivity index (χ4v) is 11.0. The van der Waals surface area contributed by atoms with Crippen molar-refractivity contribution in [3.05, 3.63) is 167 Å². The molecule has 2 aromatic heterocycles. The van der Waals surface area contributed by atoms with E-state index in [-0.39, 0.29) is 47.9 Å². The first-order valence-electron chi connectivity index (χ1n) is 27.3. The molecule has 2 amide bonds. The maximum absolute atomic E-state index is 13.6. The van der Waals surface area contributed by atoms with Crippen LogP contribution in [0.1, 0.15) is 64.4 Å². The number of allylic oxidation sites excluding steroid dienone is 1. The molecule has 0 bridgehead atoms. The van der Waals surface area contributed by atoms with Crippen LogP contribution >= 0.6 is 24.1 Å². The first kappa shape index (κ1) is 61.3. The number of nitrogens with one attached hydrogen (secondary N) is 3. The summed E-state index contributed by atoms with van der Waals surface area (Å²) in [6.07, 6.45) is 7.58. The number of fused-ring (bicyclic) bond motifs is 4. The molecular formula is C65H67FN7O9S2+. The van der Waals surface area contributed by atoms with Crippen LogP contribution in [0.2, 0.25) is 0 Å². The zero-order chi connectivity index (χ0) is 60.0. The Morgan fingerprint density at radius 3 is 2.18 bits per heavy atom. The van der Waals surface area contributed by atoms with Gasteiger partial charge in [0.1, 0.15) is 43.5 Å². The van der Waals surface area contributed by atoms with Gasteiger partial charge in [-0.25, -0.2) is 4.58 Å². The minimum atomic E-state index is -0.529. The average Bonchev–Trinajstić information content (AvgIpc) is 3.34. The molecule has 434 valence electrons. The molecule has 0 radical (unpaired) electrons. The third-order valence-electron chi connectivity index (χ3n) is 14.2. The molecule has 7 aromatic rings. The number of carbonyl (C=O) groups excluding carboxylic acids is 6. The number of likely N-dealkylation sites (N-methyl/N-ethyl adjacent to an activating group) is 2. The lowest BCUT2D eigenvalue weighted by atomic mass is 9.92. The van der Waals surface area contributed by atoms with Crippen LogP contribution in [-0.2, 0) is 31.0 Å². The number of aryl methyl sites for hydroxylation is 1. The topological polar surface area (TPSA) is 186 Å². The van der Waals surface area contributed by atoms with Gasteiger partial charge in [-0.3, -0.25) is 32.7 Å². The fourth-order valence-electron chi connectivity index (χ4n) is 9.86. The van der Waals surface area contributed by atoms with Crippen LogP contribution in [0.25, 0.3) is 66.4 Å². The summed E-state index contributed by atoms with van der Waals surface area (Å²) in [5.41, 5.74) is 8.50. The number of halogens is 1. The number of benzene rings is 6. The summed E-state index contributed by atoms with van der Waals surface area (Å²) in [4.78, 5) is 78.4. The molecule has 1 atom stereocenters. The van der Waals surface area contributed by atoms with Gasteiger partial charge in [0.15, 0.2) is 6.29 Å². The summed E-state index contributed by atoms with van der Waals surface area (Å²) in [6, 6.07) is 38.4. The van der Waals surface area contributed by atoms with E-state index in [4.69, 9.17) is 13.9 Å². The van der Waals surface area contributed by atoms with Gasteiger partial charge in [-0.05, 0) is 105 Å². The number of anilines is 1. The SMILES string of the molecule is CNC(=O)/C(=C(\C=O)c1cn(C)c2ccccc12)c1cn(SCCCOC(=O)C(CCCCNC(=O)c2ccc(-c3c4ccc(=[N+](C)C)cc-4oc4cc(N(C)C)ccc34)c(OC(C)=O)c2)NC)c2ccccc12.O=Cc1ccc(SF)cc1. The van der Waals surface area contributed by atoms with Gasteiger partial charge >= 0.3 is 11.9 Å². The monoisotopic (exact) mass is 1170 g/mol. The molecule has 0 fully saturated rings. The summed E-state index contributed by atoms with van der Waals surface area (Å²) in [5, 5.41) is 12.3. The molecule has 2 aliphatic rings. The number of hydrogen-bond acceptors (Lipinski definition) is 13. The van der Waals surface area contributed by atoms with Crippen LogP contribution in [0.4, 0.5) is 9.57 Å². The highest BCUT2D eigenvalue weighted by Crippen LogP contribution is 2.45. The summed E-state index contributed by atoms with van der Waals surface area (Å²) in [7, 11) is 13.1. The van der Waals surface area contributed by atoms with Gasteiger partial charge in [0.25, 0.3) is 11.8 Å². The number of para-hydroxylation sites is 2. The molecule has 84 heavy (non-hydrogen) atoms. The Morgan fingerprint density at radius 1 is 0.798 bits per heavy atom. The lowest BCUT2D eigenvalue weighted by Gasteiger charge is -2.19. The Labute approximate surface area is 495 Å². The van der Waals surface area contributed by atoms with Crippen LogP contribution in [0.5, 0.6) is 5.75 Å². The van der Waals surface area contributed by atoms with Crippen molar-refractivity contribution in [2.45, 2.75) is 43.5 Å². The second kappa shape index (κ2) is 28.5. The number of nitrogens with zero attached hydrogens (tertiary/aromatic N) is 4. The van der Waals surface area contributed by atoms with Gasteiger partial charge < -0.3 is 39.3 Å². The summed E-state index contributed by atoms with van der Waals surface area (Å²) >= 11 is 1.69. The minimum absolute atomic E-state index is 0.172. The number of ether oxygens (including phenoxy) is 2. The molecule has 19 heteroatoms. The van der Waals surface area contributed by atoms with E-state index in [1.807, 2.05) is 157 Å². The normalized spacial score (nSPS) is 11.8. The molecular weight excluding hydrogens is 1110 g/mol. The Morgan fingerprint density at radius 2 is 1.51 bits per heavy atom. The van der Waals surface area contributed by atoms with Crippen LogP contribution in [0, 0.1) is 0 Å². The van der Waals surface area contributed by atoms with E-state index in [0.29, 0.717) is 87.6 Å². The number of carbonyl (C=O) groups is 6. The van der Waals surface area contributed by atoms with E-state index in [2.05, 4.69) is 16.0 Å². The highest BCUT2D eigenvalue weighted by Gasteiger charge is 2.26. The zero-order valence-electron chi connectivity index (χ0n) is 48.1. The van der Waals surface area contributed by atoms with Gasteiger partial charge in [0.2, 0.25) is 5.36 Å². The van der Waals surface area contributed by atoms with Gasteiger partial charge in [-0.15, -0.1) is 0 Å². The van der Waals surface area contributed by atoms with Crippen molar-refractivity contribution in [1.82, 2.24) is 29.1 Å². The number of aromatic nitrogens is 2. The second-order valence-electron chi connectivity index (χ2n) is 20.2. The summed E-state index contributed by atoms with van der Waals surface area (Å²) < 4.78 is 35.7. The maximum Gasteiger partial charge on any atom is 0.323 e. The van der Waals surface area contributed by atoms with Crippen LogP contribution in [-0.4, -0.2) is 112 Å². The molecule has 0 saturated carbocycles. The van der Waals surface area contributed by atoms with Gasteiger partial charge in [-0.2, -0.15) is 3.89 Å². The van der Waals surface area contributed by atoms with E-state index in [1.165, 1.54) is 18.9 Å². The van der Waals surface area contributed by atoms with Crippen LogP contribution < -0.4 is 35.5 Å². The van der Waals surface area contributed by atoms with Crippen molar-refractivity contribution in [2.24, 2.45) is 7.05 Å². The lowest BCUT2D eigenvalue weighted by molar-refractivity contribution is -0.146. The van der Waals surface area contributed by atoms with Crippen molar-refractivity contribution < 1.29 is 46.5 Å². The number of aldehydes is 2. The van der Waals surface area contributed by atoms with Crippen molar-refractivity contribution in [2.75, 3.05) is 66.1 Å². The van der Waals surface area contributed by atoms with E-state index in [1.54, 1.807) is 50.5 Å². The Bertz CT molecular complexity index is 3970. The predicted molar refractivity (Wildman–Crippen MR) is 334 cm³/mol. The Balaban J connectivity index is 0.000000833. The smallest absolute Gasteiger partial charge is 0.323 e. The number of esters is 2. The highest BCUT2D eigenvalue weighted by atomic mass is 32.2. The van der Waals surface area contributed by atoms with Crippen molar-refractivity contribution >= 4 is 110 Å². The van der Waals surface area contributed by atoms with E-state index < -0.39 is 12.0 Å². The number of rotatable bonds is 22. The third kappa shape index (κ3) is 14.2. The number of hydrogen-bond donors (Lipinski definition) is 3. The molecule has 3 heterocycles. The molecule has 1 unspecified atom stereocenters. The van der Waals surface area contributed by atoms with E-state index >= 15 is 0 Å². The molecule has 0 spiro atoms. The van der Waals surface area contributed by atoms with Crippen molar-refractivity contribution in [1.29, 1.82) is 0 Å². The molecule has 1 aliphatic carbocycles. The summed E-state index contributed by atoms with van der Waals surface area (Å²) in [5.74, 6) is -0.0540. The van der Waals surface area contributed by atoms with Gasteiger partial charge in [0.05, 0.1) is 35.9 Å². The molecule has 5 aromatic carbocycles. The predicted octanol–water partition coefficient (Wildman–Crippen LogP) is 10.6. The minimum Gasteiger partial charge on any atom is -0.464 e. The molecule has 3 N–H and O–H groups in total. The standard InChI is InChI=1S/C58H61N7O8S.C7H5FOS/c1-36(67)72-51-30-37(21-24-42(51)54-43-25-22-38(62(4)5)31-52(43)73-53-32-39(63(6)7)23-26-44(53)54)56(68)61-27-14-13-18-48(59-2)58(70)71-28-15-29-74-65-34-46(41-17-10-12-20-50(41)65)55(57(69)60-3)47(35-66)45-33-64(8)49-19-11-9-16-40(45)49;8-10-7-3-1-6(5-9)2-4-7/h9-12,16-17,19-26,30-35,48,59H,13-15,18,27-29H2,1-8H3,(H-,60,61,68,69);1-5H/p+1/b55-47+;. The summed E-state index contributed by atoms with van der Waals surface area (Å²) in [6.45, 7) is 1.90. The average molecular weight is 1170 g/mol. The first-order valence-corrected chi connectivity index (χ1v) is 28.9. The van der Waals surface area contributed by atoms with Gasteiger partial charge in [-0.1, -0.05) is 48.5 Å². The first-order chi connectivity index (χ1) is 40.6. The zero-order valence-corrected chi connectivity index (χ0v) is 49.8. The Kier molecular flexibility index (Phi) is 20.8. The number of amides is 2. The number of unbranched alkanes of at least 4 members (excludes halogenated alkanes) is 1. The van der Waals surface area contributed by atoms with E-state index in [0.717, 1.165) is 61.9 Å². The van der Waals surface area contributed by atoms with Crippen LogP contribution in [0.15, 0.2) is 149 Å². The van der Waals surface area contributed by atoms with E-state index in [9.17, 15) is 32.7 Å².